The number of imidazole rings is 1. The molecule has 2 aromatic heterocycles. The minimum absolute atomic E-state index is 0.286. The van der Waals surface area contributed by atoms with Gasteiger partial charge in [0, 0.05) is 24.0 Å². The summed E-state index contributed by atoms with van der Waals surface area (Å²) in [5, 5.41) is 2.87. The minimum atomic E-state index is -4.61. The SMILES string of the molecule is Cc1nc2c(NCc3c(F)cccc3C(F)(F)F)cccn2c1C. The summed E-state index contributed by atoms with van der Waals surface area (Å²) in [6, 6.07) is 6.43. The molecule has 3 rings (SSSR count). The highest BCUT2D eigenvalue weighted by atomic mass is 19.4. The van der Waals surface area contributed by atoms with E-state index in [1.165, 1.54) is 0 Å². The molecule has 0 bridgehead atoms. The van der Waals surface area contributed by atoms with Crippen LogP contribution in [0.5, 0.6) is 0 Å². The van der Waals surface area contributed by atoms with E-state index in [-0.39, 0.29) is 6.54 Å². The first-order chi connectivity index (χ1) is 11.3. The fraction of sp³-hybridized carbons (Fsp3) is 0.235. The maximum Gasteiger partial charge on any atom is 0.416 e. The Kier molecular flexibility index (Phi) is 3.95. The zero-order valence-electron chi connectivity index (χ0n) is 13.1. The lowest BCUT2D eigenvalue weighted by atomic mass is 10.1. The van der Waals surface area contributed by atoms with Crippen LogP contribution in [0.15, 0.2) is 36.5 Å². The van der Waals surface area contributed by atoms with Crippen LogP contribution in [0.3, 0.4) is 0 Å². The van der Waals surface area contributed by atoms with Crippen molar-refractivity contribution < 1.29 is 17.6 Å². The third kappa shape index (κ3) is 2.81. The molecule has 24 heavy (non-hydrogen) atoms. The van der Waals surface area contributed by atoms with E-state index in [2.05, 4.69) is 10.3 Å². The van der Waals surface area contributed by atoms with Crippen molar-refractivity contribution in [3.8, 4) is 0 Å². The molecule has 0 unspecified atom stereocenters. The highest BCUT2D eigenvalue weighted by molar-refractivity contribution is 5.68. The average molecular weight is 337 g/mol. The molecule has 2 heterocycles. The van der Waals surface area contributed by atoms with E-state index in [0.29, 0.717) is 11.3 Å². The van der Waals surface area contributed by atoms with E-state index in [4.69, 9.17) is 0 Å². The highest BCUT2D eigenvalue weighted by Gasteiger charge is 2.34. The van der Waals surface area contributed by atoms with Crippen molar-refractivity contribution >= 4 is 11.3 Å². The van der Waals surface area contributed by atoms with Gasteiger partial charge in [-0.1, -0.05) is 6.07 Å². The smallest absolute Gasteiger partial charge is 0.378 e. The second-order valence-corrected chi connectivity index (χ2v) is 5.52. The Bertz CT molecular complexity index is 897. The van der Waals surface area contributed by atoms with Gasteiger partial charge in [-0.15, -0.1) is 0 Å². The van der Waals surface area contributed by atoms with Gasteiger partial charge in [-0.3, -0.25) is 0 Å². The van der Waals surface area contributed by atoms with Crippen molar-refractivity contribution in [3.05, 3.63) is 64.9 Å². The molecule has 1 aromatic carbocycles. The number of halogens is 4. The molecule has 3 aromatic rings. The molecule has 0 atom stereocenters. The molecule has 0 aliphatic carbocycles. The van der Waals surface area contributed by atoms with Gasteiger partial charge in [0.05, 0.1) is 16.9 Å². The predicted octanol–water partition coefficient (Wildman–Crippen LogP) is 4.72. The van der Waals surface area contributed by atoms with Gasteiger partial charge < -0.3 is 9.72 Å². The molecule has 126 valence electrons. The lowest BCUT2D eigenvalue weighted by Gasteiger charge is -2.15. The fourth-order valence-corrected chi connectivity index (χ4v) is 2.62. The third-order valence-electron chi connectivity index (χ3n) is 4.01. The van der Waals surface area contributed by atoms with E-state index >= 15 is 0 Å². The number of aromatic nitrogens is 2. The number of nitrogens with zero attached hydrogens (tertiary/aromatic N) is 2. The van der Waals surface area contributed by atoms with Gasteiger partial charge in [0.15, 0.2) is 5.65 Å². The maximum atomic E-state index is 13.9. The van der Waals surface area contributed by atoms with Gasteiger partial charge in [-0.25, -0.2) is 9.37 Å². The first-order valence-corrected chi connectivity index (χ1v) is 7.32. The van der Waals surface area contributed by atoms with Crippen LogP contribution in [-0.4, -0.2) is 9.38 Å². The first-order valence-electron chi connectivity index (χ1n) is 7.32. The molecule has 7 heteroatoms. The number of fused-ring (bicyclic) bond motifs is 1. The van der Waals surface area contributed by atoms with Crippen molar-refractivity contribution in [2.75, 3.05) is 5.32 Å². The van der Waals surface area contributed by atoms with Gasteiger partial charge in [-0.05, 0) is 38.1 Å². The Morgan fingerprint density at radius 2 is 1.88 bits per heavy atom. The normalized spacial score (nSPS) is 11.9. The molecule has 0 spiro atoms. The average Bonchev–Trinajstić information content (AvgIpc) is 2.81. The summed E-state index contributed by atoms with van der Waals surface area (Å²) in [5.41, 5.74) is 1.52. The Labute approximate surface area is 135 Å². The van der Waals surface area contributed by atoms with Crippen LogP contribution in [0.1, 0.15) is 22.5 Å². The summed E-state index contributed by atoms with van der Waals surface area (Å²) in [6.45, 7) is 3.47. The molecule has 1 N–H and O–H groups in total. The summed E-state index contributed by atoms with van der Waals surface area (Å²) in [5.74, 6) is -0.889. The van der Waals surface area contributed by atoms with E-state index in [0.717, 1.165) is 29.6 Å². The quantitative estimate of drug-likeness (QED) is 0.701. The number of hydrogen-bond donors (Lipinski definition) is 1. The molecule has 0 aliphatic rings. The summed E-state index contributed by atoms with van der Waals surface area (Å²) >= 11 is 0. The van der Waals surface area contributed by atoms with Gasteiger partial charge in [0.1, 0.15) is 5.82 Å². The Hall–Kier alpha value is -2.57. The molecule has 3 nitrogen and oxygen atoms in total. The summed E-state index contributed by atoms with van der Waals surface area (Å²) in [7, 11) is 0. The Morgan fingerprint density at radius 1 is 1.12 bits per heavy atom. The van der Waals surface area contributed by atoms with Crippen molar-refractivity contribution in [3.63, 3.8) is 0 Å². The van der Waals surface area contributed by atoms with Crippen LogP contribution >= 0.6 is 0 Å². The van der Waals surface area contributed by atoms with Gasteiger partial charge in [0.2, 0.25) is 0 Å². The molecule has 0 radical (unpaired) electrons. The molecule has 0 amide bonds. The van der Waals surface area contributed by atoms with E-state index < -0.39 is 23.1 Å². The zero-order valence-corrected chi connectivity index (χ0v) is 13.1. The number of anilines is 1. The number of aryl methyl sites for hydroxylation is 2. The van der Waals surface area contributed by atoms with Crippen LogP contribution in [-0.2, 0) is 12.7 Å². The number of hydrogen-bond acceptors (Lipinski definition) is 2. The second kappa shape index (κ2) is 5.81. The minimum Gasteiger partial charge on any atom is -0.378 e. The molecule has 0 saturated heterocycles. The lowest BCUT2D eigenvalue weighted by Crippen LogP contribution is -2.14. The van der Waals surface area contributed by atoms with Crippen LogP contribution in [0, 0.1) is 19.7 Å². The van der Waals surface area contributed by atoms with E-state index in [9.17, 15) is 17.6 Å². The number of pyridine rings is 1. The van der Waals surface area contributed by atoms with Gasteiger partial charge in [-0.2, -0.15) is 13.2 Å². The topological polar surface area (TPSA) is 29.3 Å². The molecule has 0 aliphatic heterocycles. The monoisotopic (exact) mass is 337 g/mol. The van der Waals surface area contributed by atoms with Crippen molar-refractivity contribution in [1.29, 1.82) is 0 Å². The molecular formula is C17H15F4N3. The van der Waals surface area contributed by atoms with Crippen LogP contribution < -0.4 is 5.32 Å². The Morgan fingerprint density at radius 3 is 2.58 bits per heavy atom. The number of alkyl halides is 3. The summed E-state index contributed by atoms with van der Waals surface area (Å²) < 4.78 is 54.9. The maximum absolute atomic E-state index is 13.9. The number of benzene rings is 1. The number of nitrogens with one attached hydrogen (secondary N) is 1. The highest BCUT2D eigenvalue weighted by Crippen LogP contribution is 2.33. The van der Waals surface area contributed by atoms with Crippen molar-refractivity contribution in [1.82, 2.24) is 9.38 Å². The molecule has 0 saturated carbocycles. The van der Waals surface area contributed by atoms with Crippen LogP contribution in [0.25, 0.3) is 5.65 Å². The van der Waals surface area contributed by atoms with E-state index in [1.54, 1.807) is 12.1 Å². The standard InChI is InChI=1S/C17H15F4N3/c1-10-11(2)24-8-4-7-15(16(24)23-10)22-9-12-13(17(19,20)21)5-3-6-14(12)18/h3-8,22H,9H2,1-2H3. The summed E-state index contributed by atoms with van der Waals surface area (Å²) in [4.78, 5) is 4.40. The Balaban J connectivity index is 1.97. The van der Waals surface area contributed by atoms with Gasteiger partial charge >= 0.3 is 6.18 Å². The van der Waals surface area contributed by atoms with Crippen molar-refractivity contribution in [2.45, 2.75) is 26.6 Å². The largest absolute Gasteiger partial charge is 0.416 e. The molecule has 0 fully saturated rings. The third-order valence-corrected chi connectivity index (χ3v) is 4.01. The van der Waals surface area contributed by atoms with Crippen molar-refractivity contribution in [2.24, 2.45) is 0 Å². The van der Waals surface area contributed by atoms with Gasteiger partial charge in [0.25, 0.3) is 0 Å². The second-order valence-electron chi connectivity index (χ2n) is 5.52. The van der Waals surface area contributed by atoms with E-state index in [1.807, 2.05) is 24.4 Å². The lowest BCUT2D eigenvalue weighted by molar-refractivity contribution is -0.138. The first kappa shape index (κ1) is 16.3. The number of rotatable bonds is 3. The predicted molar refractivity (Wildman–Crippen MR) is 83.4 cm³/mol. The fourth-order valence-electron chi connectivity index (χ4n) is 2.62. The van der Waals surface area contributed by atoms with Crippen LogP contribution in [0.4, 0.5) is 23.2 Å². The zero-order chi connectivity index (χ0) is 17.5. The van der Waals surface area contributed by atoms with Crippen LogP contribution in [0.2, 0.25) is 0 Å². The molecular weight excluding hydrogens is 322 g/mol. The summed E-state index contributed by atoms with van der Waals surface area (Å²) in [6.07, 6.45) is -2.79.